The number of nitrogens with zero attached hydrogens (tertiary/aromatic N) is 1. The van der Waals surface area contributed by atoms with Crippen LogP contribution in [0.25, 0.3) is 0 Å². The highest BCUT2D eigenvalue weighted by atomic mass is 16.1. The predicted molar refractivity (Wildman–Crippen MR) is 55.2 cm³/mol. The molecule has 0 fully saturated rings. The third-order valence-corrected chi connectivity index (χ3v) is 2.20. The molecule has 0 saturated carbocycles. The van der Waals surface area contributed by atoms with Gasteiger partial charge in [-0.3, -0.25) is 4.79 Å². The van der Waals surface area contributed by atoms with Crippen LogP contribution in [0.3, 0.4) is 0 Å². The Morgan fingerprint density at radius 2 is 2.07 bits per heavy atom. The summed E-state index contributed by atoms with van der Waals surface area (Å²) in [5.74, 6) is -0.118. The molecule has 0 aliphatic carbocycles. The van der Waals surface area contributed by atoms with Crippen LogP contribution in [0.2, 0.25) is 0 Å². The van der Waals surface area contributed by atoms with Gasteiger partial charge in [-0.2, -0.15) is 5.26 Å². The molecule has 0 aromatic rings. The summed E-state index contributed by atoms with van der Waals surface area (Å²) in [6.07, 6.45) is 0. The smallest absolute Gasteiger partial charge is 0.224 e. The van der Waals surface area contributed by atoms with Gasteiger partial charge in [-0.05, 0) is 12.8 Å². The maximum atomic E-state index is 11.5. The predicted octanol–water partition coefficient (Wildman–Crippen LogP) is 0.493. The summed E-state index contributed by atoms with van der Waals surface area (Å²) in [4.78, 5) is 11.5. The van der Waals surface area contributed by atoms with Gasteiger partial charge in [-0.15, -0.1) is 0 Å². The van der Waals surface area contributed by atoms with E-state index in [0.717, 1.165) is 0 Å². The van der Waals surface area contributed by atoms with Crippen molar-refractivity contribution >= 4 is 5.91 Å². The fourth-order valence-corrected chi connectivity index (χ4v) is 1.11. The topological polar surface area (TPSA) is 78.9 Å². The van der Waals surface area contributed by atoms with E-state index in [4.69, 9.17) is 11.0 Å². The molecule has 0 saturated heterocycles. The third kappa shape index (κ3) is 4.24. The van der Waals surface area contributed by atoms with E-state index in [1.807, 2.05) is 13.8 Å². The van der Waals surface area contributed by atoms with Crippen molar-refractivity contribution < 1.29 is 4.79 Å². The molecule has 14 heavy (non-hydrogen) atoms. The van der Waals surface area contributed by atoms with Crippen molar-refractivity contribution in [2.75, 3.05) is 13.1 Å². The van der Waals surface area contributed by atoms with Crippen molar-refractivity contribution in [3.8, 4) is 6.07 Å². The molecule has 3 N–H and O–H groups in total. The number of nitrogens with two attached hydrogens (primary N) is 1. The van der Waals surface area contributed by atoms with E-state index in [1.54, 1.807) is 6.92 Å². The highest BCUT2D eigenvalue weighted by molar-refractivity contribution is 5.79. The van der Waals surface area contributed by atoms with Gasteiger partial charge in [0.1, 0.15) is 0 Å². The Hall–Kier alpha value is -1.08. The molecule has 0 aromatic heterocycles. The Morgan fingerprint density at radius 1 is 1.50 bits per heavy atom. The molecule has 1 amide bonds. The lowest BCUT2D eigenvalue weighted by atomic mass is 9.95. The minimum atomic E-state index is -0.152. The van der Waals surface area contributed by atoms with Crippen molar-refractivity contribution in [1.82, 2.24) is 5.32 Å². The number of amides is 1. The van der Waals surface area contributed by atoms with Crippen molar-refractivity contribution in [3.63, 3.8) is 0 Å². The number of hydrogen-bond donors (Lipinski definition) is 2. The van der Waals surface area contributed by atoms with Crippen LogP contribution in [0.1, 0.15) is 20.8 Å². The van der Waals surface area contributed by atoms with Gasteiger partial charge in [0.25, 0.3) is 0 Å². The van der Waals surface area contributed by atoms with Gasteiger partial charge in [0.2, 0.25) is 5.91 Å². The molecule has 0 bridgehead atoms. The van der Waals surface area contributed by atoms with Gasteiger partial charge in [0.05, 0.1) is 17.9 Å². The summed E-state index contributed by atoms with van der Waals surface area (Å²) in [6.45, 7) is 6.45. The number of nitriles is 1. The number of rotatable bonds is 5. The second-order valence-corrected chi connectivity index (χ2v) is 3.86. The van der Waals surface area contributed by atoms with E-state index in [2.05, 4.69) is 11.4 Å². The number of carbonyl (C=O) groups excluding carboxylic acids is 1. The van der Waals surface area contributed by atoms with Gasteiger partial charge in [-0.1, -0.05) is 13.8 Å². The largest absolute Gasteiger partial charge is 0.355 e. The first-order chi connectivity index (χ1) is 6.52. The maximum absolute atomic E-state index is 11.5. The molecule has 0 aliphatic rings. The van der Waals surface area contributed by atoms with Crippen LogP contribution in [0, 0.1) is 29.1 Å². The quantitative estimate of drug-likeness (QED) is 0.673. The maximum Gasteiger partial charge on any atom is 0.224 e. The van der Waals surface area contributed by atoms with Crippen LogP contribution in [0.15, 0.2) is 0 Å². The third-order valence-electron chi connectivity index (χ3n) is 2.20. The zero-order valence-corrected chi connectivity index (χ0v) is 9.08. The highest BCUT2D eigenvalue weighted by Gasteiger charge is 2.20. The number of nitrogens with one attached hydrogen (secondary N) is 1. The average molecular weight is 197 g/mol. The van der Waals surface area contributed by atoms with Gasteiger partial charge in [0, 0.05) is 13.1 Å². The SMILES string of the molecule is CC(C#N)CNC(=O)C(CN)C(C)C. The Balaban J connectivity index is 4.01. The van der Waals surface area contributed by atoms with E-state index < -0.39 is 0 Å². The van der Waals surface area contributed by atoms with E-state index in [1.165, 1.54) is 0 Å². The fraction of sp³-hybridized carbons (Fsp3) is 0.800. The van der Waals surface area contributed by atoms with Crippen LogP contribution >= 0.6 is 0 Å². The van der Waals surface area contributed by atoms with Gasteiger partial charge in [0.15, 0.2) is 0 Å². The molecule has 0 spiro atoms. The monoisotopic (exact) mass is 197 g/mol. The summed E-state index contributed by atoms with van der Waals surface area (Å²) < 4.78 is 0. The first-order valence-corrected chi connectivity index (χ1v) is 4.90. The lowest BCUT2D eigenvalue weighted by Gasteiger charge is -2.18. The van der Waals surface area contributed by atoms with Gasteiger partial charge < -0.3 is 11.1 Å². The lowest BCUT2D eigenvalue weighted by Crippen LogP contribution is -2.39. The molecule has 2 atom stereocenters. The summed E-state index contributed by atoms with van der Waals surface area (Å²) in [7, 11) is 0. The second kappa shape index (κ2) is 6.39. The Morgan fingerprint density at radius 3 is 2.43 bits per heavy atom. The molecular formula is C10H19N3O. The summed E-state index contributed by atoms with van der Waals surface area (Å²) in [5.41, 5.74) is 5.49. The molecular weight excluding hydrogens is 178 g/mol. The average Bonchev–Trinajstić information content (AvgIpc) is 2.14. The molecule has 80 valence electrons. The van der Waals surface area contributed by atoms with Gasteiger partial charge in [-0.25, -0.2) is 0 Å². The number of hydrogen-bond acceptors (Lipinski definition) is 3. The van der Waals surface area contributed by atoms with Crippen molar-refractivity contribution in [3.05, 3.63) is 0 Å². The lowest BCUT2D eigenvalue weighted by molar-refractivity contribution is -0.126. The van der Waals surface area contributed by atoms with E-state index in [0.29, 0.717) is 13.1 Å². The Bertz CT molecular complexity index is 220. The van der Waals surface area contributed by atoms with Crippen LogP contribution in [0.5, 0.6) is 0 Å². The summed E-state index contributed by atoms with van der Waals surface area (Å²) in [5, 5.41) is 11.3. The molecule has 2 unspecified atom stereocenters. The first-order valence-electron chi connectivity index (χ1n) is 4.90. The highest BCUT2D eigenvalue weighted by Crippen LogP contribution is 2.08. The van der Waals surface area contributed by atoms with Crippen LogP contribution in [0.4, 0.5) is 0 Å². The molecule has 0 heterocycles. The summed E-state index contributed by atoms with van der Waals surface area (Å²) >= 11 is 0. The molecule has 0 radical (unpaired) electrons. The molecule has 0 aliphatic heterocycles. The van der Waals surface area contributed by atoms with E-state index in [-0.39, 0.29) is 23.7 Å². The fourth-order valence-electron chi connectivity index (χ4n) is 1.11. The van der Waals surface area contributed by atoms with Crippen molar-refractivity contribution in [2.45, 2.75) is 20.8 Å². The van der Waals surface area contributed by atoms with Crippen LogP contribution in [-0.2, 0) is 4.79 Å². The van der Waals surface area contributed by atoms with Crippen LogP contribution in [-0.4, -0.2) is 19.0 Å². The normalized spacial score (nSPS) is 14.6. The van der Waals surface area contributed by atoms with E-state index in [9.17, 15) is 4.79 Å². The van der Waals surface area contributed by atoms with Crippen molar-refractivity contribution in [1.29, 1.82) is 5.26 Å². The second-order valence-electron chi connectivity index (χ2n) is 3.86. The molecule has 0 rings (SSSR count). The van der Waals surface area contributed by atoms with Crippen LogP contribution < -0.4 is 11.1 Å². The number of carbonyl (C=O) groups is 1. The molecule has 0 aromatic carbocycles. The Kier molecular flexibility index (Phi) is 5.89. The minimum Gasteiger partial charge on any atom is -0.355 e. The minimum absolute atomic E-state index is 0.0513. The molecule has 4 heteroatoms. The molecule has 4 nitrogen and oxygen atoms in total. The summed E-state index contributed by atoms with van der Waals surface area (Å²) in [6, 6.07) is 2.06. The zero-order chi connectivity index (χ0) is 11.1. The standard InChI is InChI=1S/C10H19N3O/c1-7(2)9(5-12)10(14)13-6-8(3)4-11/h7-9H,5-6,12H2,1-3H3,(H,13,14). The Labute approximate surface area is 85.5 Å². The van der Waals surface area contributed by atoms with Crippen molar-refractivity contribution in [2.24, 2.45) is 23.5 Å². The first kappa shape index (κ1) is 12.9. The zero-order valence-electron chi connectivity index (χ0n) is 9.08. The van der Waals surface area contributed by atoms with E-state index >= 15 is 0 Å². The van der Waals surface area contributed by atoms with Gasteiger partial charge >= 0.3 is 0 Å².